The van der Waals surface area contributed by atoms with Gasteiger partial charge in [-0.1, -0.05) is 54.1 Å². The maximum Gasteiger partial charge on any atom is 0.290 e. The van der Waals surface area contributed by atoms with Crippen LogP contribution in [-0.2, 0) is 11.4 Å². The molecular weight excluding hydrogens is 504 g/mol. The molecule has 1 amide bonds. The van der Waals surface area contributed by atoms with E-state index in [4.69, 9.17) is 20.8 Å². The van der Waals surface area contributed by atoms with E-state index in [-0.39, 0.29) is 11.3 Å². The summed E-state index contributed by atoms with van der Waals surface area (Å²) in [5, 5.41) is 12.1. The van der Waals surface area contributed by atoms with Crippen LogP contribution in [-0.4, -0.2) is 53.8 Å². The Morgan fingerprint density at radius 1 is 1.05 bits per heavy atom. The van der Waals surface area contributed by atoms with Crippen LogP contribution in [0.3, 0.4) is 0 Å². The molecule has 194 valence electrons. The summed E-state index contributed by atoms with van der Waals surface area (Å²) in [5.41, 5.74) is 2.19. The highest BCUT2D eigenvalue weighted by atomic mass is 35.5. The summed E-state index contributed by atoms with van der Waals surface area (Å²) < 4.78 is 11.7. The van der Waals surface area contributed by atoms with E-state index in [1.165, 1.54) is 4.90 Å². The summed E-state index contributed by atoms with van der Waals surface area (Å²) in [6.07, 6.45) is 0. The second-order valence-electron chi connectivity index (χ2n) is 9.43. The van der Waals surface area contributed by atoms with Gasteiger partial charge in [0.2, 0.25) is 5.78 Å². The molecule has 4 aromatic rings. The average molecular weight is 531 g/mol. The van der Waals surface area contributed by atoms with Gasteiger partial charge in [-0.25, -0.2) is 0 Å². The van der Waals surface area contributed by atoms with Crippen molar-refractivity contribution in [1.29, 1.82) is 0 Å². The van der Waals surface area contributed by atoms with Gasteiger partial charge in [-0.15, -0.1) is 0 Å². The molecule has 7 nitrogen and oxygen atoms in total. The Hall–Kier alpha value is -4.07. The van der Waals surface area contributed by atoms with Gasteiger partial charge in [-0.05, 0) is 61.6 Å². The minimum Gasteiger partial charge on any atom is -0.503 e. The number of ketones is 1. The van der Waals surface area contributed by atoms with Gasteiger partial charge in [0.25, 0.3) is 5.91 Å². The van der Waals surface area contributed by atoms with Crippen molar-refractivity contribution in [2.45, 2.75) is 12.6 Å². The third kappa shape index (κ3) is 5.16. The molecule has 1 aliphatic heterocycles. The van der Waals surface area contributed by atoms with Gasteiger partial charge in [0.15, 0.2) is 11.5 Å². The molecule has 1 atom stereocenters. The number of halogens is 1. The van der Waals surface area contributed by atoms with E-state index < -0.39 is 23.5 Å². The minimum absolute atomic E-state index is 0.0168. The van der Waals surface area contributed by atoms with Crippen molar-refractivity contribution in [2.24, 2.45) is 0 Å². The first-order chi connectivity index (χ1) is 18.3. The summed E-state index contributed by atoms with van der Waals surface area (Å²) in [7, 11) is 3.79. The number of hydrogen-bond acceptors (Lipinski definition) is 6. The van der Waals surface area contributed by atoms with Gasteiger partial charge in [-0.2, -0.15) is 0 Å². The Balaban J connectivity index is 1.46. The molecule has 1 N–H and O–H groups in total. The Morgan fingerprint density at radius 2 is 1.79 bits per heavy atom. The van der Waals surface area contributed by atoms with Crippen LogP contribution in [0.25, 0.3) is 11.0 Å². The summed E-state index contributed by atoms with van der Waals surface area (Å²) in [5.74, 6) is -1.04. The standard InChI is InChI=1S/C30H27ClN2O5/c1-32(2)14-15-33-27(20-8-11-23(12-9-20)37-18-19-6-4-3-5-7-19)26(29(35)30(33)36)28(34)25-17-21-16-22(31)10-13-24(21)38-25/h3-13,16-17,27,35H,14-15,18H2,1-2H3. The van der Waals surface area contributed by atoms with Crippen LogP contribution in [0.5, 0.6) is 5.75 Å². The van der Waals surface area contributed by atoms with Crippen molar-refractivity contribution < 1.29 is 23.8 Å². The number of amides is 1. The number of carbonyl (C=O) groups is 2. The molecule has 2 heterocycles. The molecular formula is C30H27ClN2O5. The Labute approximate surface area is 225 Å². The van der Waals surface area contributed by atoms with Crippen LogP contribution in [0, 0.1) is 0 Å². The van der Waals surface area contributed by atoms with Gasteiger partial charge in [0.1, 0.15) is 17.9 Å². The fourth-order valence-electron chi connectivity index (χ4n) is 4.52. The predicted octanol–water partition coefficient (Wildman–Crippen LogP) is 5.81. The van der Waals surface area contributed by atoms with E-state index >= 15 is 0 Å². The van der Waals surface area contributed by atoms with Crippen LogP contribution < -0.4 is 4.74 Å². The topological polar surface area (TPSA) is 83.2 Å². The van der Waals surface area contributed by atoms with Crippen LogP contribution in [0.2, 0.25) is 5.02 Å². The van der Waals surface area contributed by atoms with Crippen molar-refractivity contribution in [1.82, 2.24) is 9.80 Å². The van der Waals surface area contributed by atoms with Crippen molar-refractivity contribution >= 4 is 34.3 Å². The van der Waals surface area contributed by atoms with Gasteiger partial charge in [0, 0.05) is 23.5 Å². The molecule has 0 bridgehead atoms. The maximum absolute atomic E-state index is 13.7. The van der Waals surface area contributed by atoms with Crippen LogP contribution in [0.1, 0.15) is 27.7 Å². The highest BCUT2D eigenvalue weighted by molar-refractivity contribution is 6.31. The molecule has 1 aromatic heterocycles. The lowest BCUT2D eigenvalue weighted by atomic mass is 9.95. The third-order valence-corrected chi connectivity index (χ3v) is 6.72. The van der Waals surface area contributed by atoms with Crippen LogP contribution >= 0.6 is 11.6 Å². The largest absolute Gasteiger partial charge is 0.503 e. The van der Waals surface area contributed by atoms with E-state index in [1.807, 2.05) is 61.5 Å². The van der Waals surface area contributed by atoms with E-state index in [0.717, 1.165) is 5.56 Å². The molecule has 0 fully saturated rings. The van der Waals surface area contributed by atoms with E-state index in [0.29, 0.717) is 47.0 Å². The monoisotopic (exact) mass is 530 g/mol. The number of fused-ring (bicyclic) bond motifs is 1. The normalized spacial score (nSPS) is 15.6. The molecule has 5 rings (SSSR count). The second-order valence-corrected chi connectivity index (χ2v) is 9.87. The molecule has 0 spiro atoms. The van der Waals surface area contributed by atoms with E-state index in [2.05, 4.69) is 0 Å². The number of nitrogens with zero attached hydrogens (tertiary/aromatic N) is 2. The van der Waals surface area contributed by atoms with E-state index in [1.54, 1.807) is 36.4 Å². The molecule has 0 aliphatic carbocycles. The van der Waals surface area contributed by atoms with Crippen LogP contribution in [0.15, 0.2) is 94.6 Å². The quantitative estimate of drug-likeness (QED) is 0.275. The van der Waals surface area contributed by atoms with E-state index in [9.17, 15) is 14.7 Å². The minimum atomic E-state index is -0.782. The lowest BCUT2D eigenvalue weighted by Crippen LogP contribution is -2.36. The van der Waals surface area contributed by atoms with Crippen molar-refractivity contribution in [3.05, 3.63) is 112 Å². The Morgan fingerprint density at radius 3 is 2.50 bits per heavy atom. The molecule has 0 saturated carbocycles. The second kappa shape index (κ2) is 10.7. The lowest BCUT2D eigenvalue weighted by molar-refractivity contribution is -0.129. The van der Waals surface area contributed by atoms with Crippen molar-refractivity contribution in [2.75, 3.05) is 27.2 Å². The molecule has 1 unspecified atom stereocenters. The maximum atomic E-state index is 13.7. The zero-order valence-corrected chi connectivity index (χ0v) is 21.8. The number of rotatable bonds is 9. The number of carbonyl (C=O) groups excluding carboxylic acids is 2. The van der Waals surface area contributed by atoms with Gasteiger partial charge >= 0.3 is 0 Å². The first-order valence-electron chi connectivity index (χ1n) is 12.2. The first-order valence-corrected chi connectivity index (χ1v) is 12.6. The fraction of sp³-hybridized carbons (Fsp3) is 0.200. The number of Topliss-reactive ketones (excluding diaryl/α,β-unsaturated/α-hetero) is 1. The summed E-state index contributed by atoms with van der Waals surface area (Å²) in [4.78, 5) is 30.3. The van der Waals surface area contributed by atoms with Crippen molar-refractivity contribution in [3.8, 4) is 5.75 Å². The zero-order chi connectivity index (χ0) is 26.8. The number of ether oxygens (including phenoxy) is 1. The predicted molar refractivity (Wildman–Crippen MR) is 145 cm³/mol. The number of aliphatic hydroxyl groups is 1. The molecule has 0 saturated heterocycles. The molecule has 38 heavy (non-hydrogen) atoms. The Kier molecular flexibility index (Phi) is 7.22. The fourth-order valence-corrected chi connectivity index (χ4v) is 4.70. The summed E-state index contributed by atoms with van der Waals surface area (Å²) in [6.45, 7) is 1.29. The number of aliphatic hydroxyl groups excluding tert-OH is 1. The van der Waals surface area contributed by atoms with Gasteiger partial charge < -0.3 is 24.1 Å². The number of benzene rings is 3. The Bertz CT molecular complexity index is 1510. The molecule has 1 aliphatic rings. The van der Waals surface area contributed by atoms with Crippen LogP contribution in [0.4, 0.5) is 0 Å². The molecule has 3 aromatic carbocycles. The molecule has 0 radical (unpaired) electrons. The first kappa shape index (κ1) is 25.6. The smallest absolute Gasteiger partial charge is 0.290 e. The van der Waals surface area contributed by atoms with Crippen molar-refractivity contribution in [3.63, 3.8) is 0 Å². The summed E-state index contributed by atoms with van der Waals surface area (Å²) >= 11 is 6.09. The highest BCUT2D eigenvalue weighted by Gasteiger charge is 2.44. The highest BCUT2D eigenvalue weighted by Crippen LogP contribution is 2.40. The van der Waals surface area contributed by atoms with Gasteiger partial charge in [-0.3, -0.25) is 9.59 Å². The number of hydrogen-bond donors (Lipinski definition) is 1. The number of likely N-dealkylation sites (N-methyl/N-ethyl adjacent to an activating group) is 1. The third-order valence-electron chi connectivity index (χ3n) is 6.48. The average Bonchev–Trinajstić information content (AvgIpc) is 3.45. The summed E-state index contributed by atoms with van der Waals surface area (Å²) in [6, 6.07) is 22.9. The number of furan rings is 1. The SMILES string of the molecule is CN(C)CCN1C(=O)C(O)=C(C(=O)c2cc3cc(Cl)ccc3o2)C1c1ccc(OCc2ccccc2)cc1. The van der Waals surface area contributed by atoms with Gasteiger partial charge in [0.05, 0.1) is 11.6 Å². The molecule has 8 heteroatoms. The lowest BCUT2D eigenvalue weighted by Gasteiger charge is -2.28. The zero-order valence-electron chi connectivity index (χ0n) is 21.1.